The van der Waals surface area contributed by atoms with E-state index < -0.39 is 11.8 Å². The van der Waals surface area contributed by atoms with Crippen molar-refractivity contribution in [2.75, 3.05) is 23.8 Å². The lowest BCUT2D eigenvalue weighted by Gasteiger charge is -2.30. The number of aliphatic hydroxyl groups is 1. The fourth-order valence-electron chi connectivity index (χ4n) is 1.81. The summed E-state index contributed by atoms with van der Waals surface area (Å²) in [4.78, 5) is 12.9. The van der Waals surface area contributed by atoms with Crippen LogP contribution < -0.4 is 10.6 Å². The second-order valence-corrected chi connectivity index (χ2v) is 4.17. The molecule has 5 nitrogen and oxygen atoms in total. The Morgan fingerprint density at radius 1 is 1.50 bits per heavy atom. The highest BCUT2D eigenvalue weighted by Crippen LogP contribution is 2.29. The summed E-state index contributed by atoms with van der Waals surface area (Å²) in [6.45, 7) is 3.82. The number of halogens is 1. The maximum atomic E-state index is 13.3. The summed E-state index contributed by atoms with van der Waals surface area (Å²) in [5.41, 5.74) is 5.13. The fraction of sp³-hybridized carbons (Fsp3) is 0.417. The Morgan fingerprint density at radius 2 is 2.11 bits per heavy atom. The number of anilines is 2. The fourth-order valence-corrected chi connectivity index (χ4v) is 1.81. The first-order chi connectivity index (χ1) is 8.40. The van der Waals surface area contributed by atoms with Crippen LogP contribution in [0.25, 0.3) is 0 Å². The van der Waals surface area contributed by atoms with Crippen LogP contribution in [0, 0.1) is 5.82 Å². The van der Waals surface area contributed by atoms with Crippen LogP contribution in [0.3, 0.4) is 0 Å². The van der Waals surface area contributed by atoms with Crippen molar-refractivity contribution in [1.82, 2.24) is 0 Å². The van der Waals surface area contributed by atoms with Crippen molar-refractivity contribution in [1.29, 1.82) is 0 Å². The van der Waals surface area contributed by atoms with E-state index in [0.29, 0.717) is 5.69 Å². The third-order valence-corrected chi connectivity index (χ3v) is 2.66. The second kappa shape index (κ2) is 5.68. The monoisotopic (exact) mass is 256 g/mol. The second-order valence-electron chi connectivity index (χ2n) is 4.17. The lowest BCUT2D eigenvalue weighted by Crippen LogP contribution is -2.35. The largest absolute Gasteiger partial charge is 0.478 e. The molecule has 1 aromatic rings. The molecule has 18 heavy (non-hydrogen) atoms. The van der Waals surface area contributed by atoms with Gasteiger partial charge >= 0.3 is 5.97 Å². The summed E-state index contributed by atoms with van der Waals surface area (Å²) in [7, 11) is 0. The molecule has 1 aromatic carbocycles. The van der Waals surface area contributed by atoms with Crippen molar-refractivity contribution in [3.63, 3.8) is 0 Å². The van der Waals surface area contributed by atoms with Gasteiger partial charge in [-0.25, -0.2) is 9.18 Å². The van der Waals surface area contributed by atoms with Gasteiger partial charge in [0.15, 0.2) is 0 Å². The molecule has 0 saturated carbocycles. The van der Waals surface area contributed by atoms with Gasteiger partial charge in [-0.2, -0.15) is 0 Å². The van der Waals surface area contributed by atoms with Crippen LogP contribution in [0.5, 0.6) is 0 Å². The topological polar surface area (TPSA) is 86.8 Å². The molecule has 0 unspecified atom stereocenters. The molecular formula is C12H17FN2O3. The third kappa shape index (κ3) is 2.70. The van der Waals surface area contributed by atoms with Gasteiger partial charge in [-0.3, -0.25) is 0 Å². The van der Waals surface area contributed by atoms with Gasteiger partial charge in [-0.15, -0.1) is 0 Å². The first kappa shape index (κ1) is 14.2. The highest BCUT2D eigenvalue weighted by molar-refractivity contribution is 6.00. The lowest BCUT2D eigenvalue weighted by molar-refractivity contribution is 0.0698. The van der Waals surface area contributed by atoms with Gasteiger partial charge in [0.2, 0.25) is 0 Å². The van der Waals surface area contributed by atoms with Gasteiger partial charge in [0.1, 0.15) is 11.4 Å². The number of carboxylic acid groups (broad SMARTS) is 1. The molecule has 1 rings (SSSR count). The van der Waals surface area contributed by atoms with E-state index in [0.717, 1.165) is 6.07 Å². The number of hydrogen-bond acceptors (Lipinski definition) is 4. The summed E-state index contributed by atoms with van der Waals surface area (Å²) >= 11 is 0. The molecule has 0 amide bonds. The average Bonchev–Trinajstić information content (AvgIpc) is 2.28. The SMILES string of the molecule is CC(C)N(CCO)c1ccc(F)c(N)c1C(=O)O. The smallest absolute Gasteiger partial charge is 0.340 e. The highest BCUT2D eigenvalue weighted by Gasteiger charge is 2.22. The summed E-state index contributed by atoms with van der Waals surface area (Å²) in [6, 6.07) is 2.45. The van der Waals surface area contributed by atoms with E-state index in [4.69, 9.17) is 15.9 Å². The number of nitrogens with two attached hydrogens (primary N) is 1. The van der Waals surface area contributed by atoms with Crippen molar-refractivity contribution in [2.45, 2.75) is 19.9 Å². The van der Waals surface area contributed by atoms with Crippen molar-refractivity contribution < 1.29 is 19.4 Å². The van der Waals surface area contributed by atoms with Crippen LogP contribution in [0.15, 0.2) is 12.1 Å². The van der Waals surface area contributed by atoms with E-state index in [1.54, 1.807) is 4.90 Å². The Kier molecular flexibility index (Phi) is 4.49. The Balaban J connectivity index is 3.38. The van der Waals surface area contributed by atoms with E-state index in [9.17, 15) is 9.18 Å². The van der Waals surface area contributed by atoms with Gasteiger partial charge in [0.25, 0.3) is 0 Å². The Hall–Kier alpha value is -1.82. The van der Waals surface area contributed by atoms with Crippen LogP contribution in [0.4, 0.5) is 15.8 Å². The average molecular weight is 256 g/mol. The number of carboxylic acids is 1. The molecule has 0 saturated heterocycles. The Bertz CT molecular complexity index is 449. The third-order valence-electron chi connectivity index (χ3n) is 2.66. The summed E-state index contributed by atoms with van der Waals surface area (Å²) in [5, 5.41) is 18.1. The Morgan fingerprint density at radius 3 is 2.56 bits per heavy atom. The van der Waals surface area contributed by atoms with Crippen molar-refractivity contribution in [3.05, 3.63) is 23.5 Å². The maximum absolute atomic E-state index is 13.3. The number of nitrogen functional groups attached to an aromatic ring is 1. The molecule has 6 heteroatoms. The number of nitrogens with zero attached hydrogens (tertiary/aromatic N) is 1. The molecule has 0 radical (unpaired) electrons. The van der Waals surface area contributed by atoms with Crippen LogP contribution in [-0.4, -0.2) is 35.4 Å². The predicted octanol–water partition coefficient (Wildman–Crippen LogP) is 1.31. The molecule has 0 bridgehead atoms. The maximum Gasteiger partial charge on any atom is 0.340 e. The molecule has 0 spiro atoms. The van der Waals surface area contributed by atoms with Gasteiger partial charge in [-0.1, -0.05) is 0 Å². The molecular weight excluding hydrogens is 239 g/mol. The minimum absolute atomic E-state index is 0.0416. The van der Waals surface area contributed by atoms with Crippen molar-refractivity contribution in [3.8, 4) is 0 Å². The molecule has 0 fully saturated rings. The Labute approximate surface area is 105 Å². The summed E-state index contributed by atoms with van der Waals surface area (Å²) in [6.07, 6.45) is 0. The predicted molar refractivity (Wildman–Crippen MR) is 67.3 cm³/mol. The first-order valence-corrected chi connectivity index (χ1v) is 5.59. The van der Waals surface area contributed by atoms with Crippen LogP contribution in [0.1, 0.15) is 24.2 Å². The van der Waals surface area contributed by atoms with E-state index >= 15 is 0 Å². The zero-order valence-corrected chi connectivity index (χ0v) is 10.4. The quantitative estimate of drug-likeness (QED) is 0.691. The van der Waals surface area contributed by atoms with Crippen LogP contribution >= 0.6 is 0 Å². The molecule has 0 aromatic heterocycles. The lowest BCUT2D eigenvalue weighted by atomic mass is 10.1. The van der Waals surface area contributed by atoms with Gasteiger partial charge < -0.3 is 20.8 Å². The first-order valence-electron chi connectivity index (χ1n) is 5.59. The van der Waals surface area contributed by atoms with Gasteiger partial charge in [-0.05, 0) is 26.0 Å². The minimum Gasteiger partial charge on any atom is -0.478 e. The number of aliphatic hydroxyl groups excluding tert-OH is 1. The zero-order valence-electron chi connectivity index (χ0n) is 10.4. The minimum atomic E-state index is -1.29. The van der Waals surface area contributed by atoms with Crippen LogP contribution in [0.2, 0.25) is 0 Å². The standard InChI is InChI=1S/C12H17FN2O3/c1-7(2)15(5-6-16)9-4-3-8(13)11(14)10(9)12(17)18/h3-4,7,16H,5-6,14H2,1-2H3,(H,17,18). The molecule has 0 atom stereocenters. The zero-order chi connectivity index (χ0) is 13.9. The van der Waals surface area contributed by atoms with Gasteiger partial charge in [0, 0.05) is 12.6 Å². The summed E-state index contributed by atoms with van der Waals surface area (Å²) < 4.78 is 13.3. The van der Waals surface area contributed by atoms with Crippen molar-refractivity contribution >= 4 is 17.3 Å². The van der Waals surface area contributed by atoms with Gasteiger partial charge in [0.05, 0.1) is 18.0 Å². The number of rotatable bonds is 5. The molecule has 4 N–H and O–H groups in total. The number of aromatic carboxylic acids is 1. The molecule has 0 aliphatic carbocycles. The molecule has 0 aliphatic rings. The van der Waals surface area contributed by atoms with E-state index in [-0.39, 0.29) is 30.4 Å². The number of hydrogen-bond donors (Lipinski definition) is 3. The normalized spacial score (nSPS) is 10.7. The molecule has 0 aliphatic heterocycles. The van der Waals surface area contributed by atoms with E-state index in [2.05, 4.69) is 0 Å². The van der Waals surface area contributed by atoms with Crippen LogP contribution in [-0.2, 0) is 0 Å². The number of carbonyl (C=O) groups is 1. The highest BCUT2D eigenvalue weighted by atomic mass is 19.1. The summed E-state index contributed by atoms with van der Waals surface area (Å²) in [5.74, 6) is -2.05. The van der Waals surface area contributed by atoms with E-state index in [1.807, 2.05) is 13.8 Å². The molecule has 100 valence electrons. The molecule has 0 heterocycles. The van der Waals surface area contributed by atoms with E-state index in [1.165, 1.54) is 6.07 Å². The number of benzene rings is 1. The van der Waals surface area contributed by atoms with Crippen molar-refractivity contribution in [2.24, 2.45) is 0 Å².